The van der Waals surface area contributed by atoms with Crippen LogP contribution >= 0.6 is 0 Å². The Bertz CT molecular complexity index is 1500. The maximum Gasteiger partial charge on any atom is 0.258 e. The van der Waals surface area contributed by atoms with E-state index in [1.807, 2.05) is 74.5 Å². The van der Waals surface area contributed by atoms with E-state index in [0.29, 0.717) is 30.6 Å². The second-order valence-electron chi connectivity index (χ2n) is 11.6. The smallest absolute Gasteiger partial charge is 0.258 e. The maximum atomic E-state index is 14.3. The van der Waals surface area contributed by atoms with E-state index in [1.165, 1.54) is 12.1 Å². The van der Waals surface area contributed by atoms with Crippen LogP contribution in [0.4, 0.5) is 10.1 Å². The Balaban J connectivity index is 1.74. The van der Waals surface area contributed by atoms with Crippen molar-refractivity contribution in [2.24, 2.45) is 0 Å². The molecule has 220 valence electrons. The highest BCUT2D eigenvalue weighted by Crippen LogP contribution is 2.43. The largest absolute Gasteiger partial charge is 0.396 e. The molecular weight excluding hydrogens is 531 g/mol. The molecule has 4 aromatic rings. The summed E-state index contributed by atoms with van der Waals surface area (Å²) in [6, 6.07) is 25.7. The molecule has 1 aliphatic rings. The Labute approximate surface area is 247 Å². The number of aliphatic hydroxyl groups is 1. The van der Waals surface area contributed by atoms with Crippen LogP contribution in [0, 0.1) is 5.82 Å². The van der Waals surface area contributed by atoms with Crippen LogP contribution in [-0.4, -0.2) is 40.2 Å². The summed E-state index contributed by atoms with van der Waals surface area (Å²) < 4.78 is 28.9. The molecule has 3 aromatic carbocycles. The number of amides is 1. The van der Waals surface area contributed by atoms with Gasteiger partial charge in [0.05, 0.1) is 23.5 Å². The van der Waals surface area contributed by atoms with Crippen molar-refractivity contribution < 1.29 is 23.8 Å². The van der Waals surface area contributed by atoms with Crippen LogP contribution in [0.15, 0.2) is 84.9 Å². The zero-order valence-electron chi connectivity index (χ0n) is 24.6. The van der Waals surface area contributed by atoms with Crippen LogP contribution in [0.1, 0.15) is 62.5 Å². The first-order valence-corrected chi connectivity index (χ1v) is 14.6. The van der Waals surface area contributed by atoms with Gasteiger partial charge in [-0.25, -0.2) is 4.39 Å². The molecule has 0 saturated carbocycles. The minimum absolute atomic E-state index is 0.0248. The Morgan fingerprint density at radius 2 is 1.57 bits per heavy atom. The molecule has 0 spiro atoms. The Morgan fingerprint density at radius 3 is 2.19 bits per heavy atom. The van der Waals surface area contributed by atoms with E-state index in [0.717, 1.165) is 28.1 Å². The van der Waals surface area contributed by atoms with Crippen LogP contribution < -0.4 is 5.32 Å². The van der Waals surface area contributed by atoms with Crippen molar-refractivity contribution in [1.82, 2.24) is 4.57 Å². The van der Waals surface area contributed by atoms with Crippen molar-refractivity contribution in [2.45, 2.75) is 71.0 Å². The number of ether oxygens (including phenoxy) is 2. The van der Waals surface area contributed by atoms with Gasteiger partial charge in [0.2, 0.25) is 0 Å². The number of para-hydroxylation sites is 1. The summed E-state index contributed by atoms with van der Waals surface area (Å²) in [7, 11) is 0. The molecule has 1 amide bonds. The minimum atomic E-state index is -0.834. The summed E-state index contributed by atoms with van der Waals surface area (Å²) in [5.74, 6) is -1.40. The van der Waals surface area contributed by atoms with Crippen molar-refractivity contribution in [3.05, 3.63) is 102 Å². The van der Waals surface area contributed by atoms with Gasteiger partial charge < -0.3 is 24.5 Å². The lowest BCUT2D eigenvalue weighted by Gasteiger charge is -2.41. The standard InChI is InChI=1S/C35H39FN2O4/c1-23(2)32-31(34(40)37-27-13-9-6-10-14-27)30(24-11-7-5-8-12-24)33(25-15-17-26(36)18-16-25)38(32)22-29-21-28(19-20-39)41-35(3,4)42-29/h5-18,23,28-29,39H,19-22H2,1-4H3,(H,37,40)/t28-,29-/m0/s1. The van der Waals surface area contributed by atoms with Crippen LogP contribution in [0.2, 0.25) is 0 Å². The number of carbonyl (C=O) groups excluding carboxylic acids is 1. The average Bonchev–Trinajstić information content (AvgIpc) is 3.29. The zero-order chi connectivity index (χ0) is 29.9. The van der Waals surface area contributed by atoms with E-state index < -0.39 is 5.79 Å². The normalized spacial score (nSPS) is 18.3. The molecule has 5 rings (SSSR count). The van der Waals surface area contributed by atoms with E-state index in [9.17, 15) is 14.3 Å². The van der Waals surface area contributed by atoms with E-state index in [-0.39, 0.29) is 36.5 Å². The SMILES string of the molecule is CC(C)c1c(C(=O)Nc2ccccc2)c(-c2ccccc2)c(-c2ccc(F)cc2)n1C[C@@H]1C[C@H](CCO)OC(C)(C)O1. The predicted octanol–water partition coefficient (Wildman–Crippen LogP) is 7.63. The number of aliphatic hydroxyl groups excluding tert-OH is 1. The van der Waals surface area contributed by atoms with Crippen molar-refractivity contribution in [3.63, 3.8) is 0 Å². The number of rotatable bonds is 9. The fraction of sp³-hybridized carbons (Fsp3) is 0.343. The molecule has 2 N–H and O–H groups in total. The van der Waals surface area contributed by atoms with Crippen LogP contribution in [0.3, 0.4) is 0 Å². The summed E-state index contributed by atoms with van der Waals surface area (Å²) in [6.45, 7) is 8.41. The van der Waals surface area contributed by atoms with Gasteiger partial charge in [-0.2, -0.15) is 0 Å². The highest BCUT2D eigenvalue weighted by molar-refractivity contribution is 6.12. The maximum absolute atomic E-state index is 14.3. The van der Waals surface area contributed by atoms with Gasteiger partial charge in [0.25, 0.3) is 5.91 Å². The highest BCUT2D eigenvalue weighted by atomic mass is 19.1. The van der Waals surface area contributed by atoms with Crippen LogP contribution in [-0.2, 0) is 16.0 Å². The molecule has 1 fully saturated rings. The van der Waals surface area contributed by atoms with Crippen molar-refractivity contribution >= 4 is 11.6 Å². The van der Waals surface area contributed by atoms with Gasteiger partial charge in [-0.15, -0.1) is 0 Å². The van der Waals surface area contributed by atoms with E-state index in [2.05, 4.69) is 23.7 Å². The fourth-order valence-corrected chi connectivity index (χ4v) is 6.02. The van der Waals surface area contributed by atoms with Crippen LogP contribution in [0.5, 0.6) is 0 Å². The third-order valence-electron chi connectivity index (χ3n) is 7.55. The molecular formula is C35H39FN2O4. The molecule has 0 radical (unpaired) electrons. The third kappa shape index (κ3) is 6.49. The van der Waals surface area contributed by atoms with Gasteiger partial charge in [-0.1, -0.05) is 62.4 Å². The average molecular weight is 571 g/mol. The summed E-state index contributed by atoms with van der Waals surface area (Å²) >= 11 is 0. The van der Waals surface area contributed by atoms with Gasteiger partial charge >= 0.3 is 0 Å². The van der Waals surface area contributed by atoms with Crippen LogP contribution in [0.25, 0.3) is 22.4 Å². The zero-order valence-corrected chi connectivity index (χ0v) is 24.6. The number of hydrogen-bond acceptors (Lipinski definition) is 4. The van der Waals surface area contributed by atoms with Gasteiger partial charge in [0.15, 0.2) is 5.79 Å². The lowest BCUT2D eigenvalue weighted by Crippen LogP contribution is -2.46. The molecule has 7 heteroatoms. The number of halogens is 1. The summed E-state index contributed by atoms with van der Waals surface area (Å²) in [5.41, 5.74) is 5.46. The second-order valence-corrected chi connectivity index (χ2v) is 11.6. The first kappa shape index (κ1) is 29.7. The lowest BCUT2D eigenvalue weighted by molar-refractivity contribution is -0.302. The Kier molecular flexibility index (Phi) is 8.92. The molecule has 0 unspecified atom stereocenters. The van der Waals surface area contributed by atoms with Crippen molar-refractivity contribution in [3.8, 4) is 22.4 Å². The van der Waals surface area contributed by atoms with Gasteiger partial charge in [-0.3, -0.25) is 4.79 Å². The lowest BCUT2D eigenvalue weighted by atomic mass is 9.94. The highest BCUT2D eigenvalue weighted by Gasteiger charge is 2.38. The van der Waals surface area contributed by atoms with Gasteiger partial charge in [0, 0.05) is 36.5 Å². The molecule has 1 aliphatic heterocycles. The molecule has 0 bridgehead atoms. The minimum Gasteiger partial charge on any atom is -0.396 e. The topological polar surface area (TPSA) is 72.7 Å². The molecule has 2 heterocycles. The van der Waals surface area contributed by atoms with Gasteiger partial charge in [0.1, 0.15) is 5.82 Å². The molecule has 1 saturated heterocycles. The first-order chi connectivity index (χ1) is 20.2. The van der Waals surface area contributed by atoms with Gasteiger partial charge in [-0.05, 0) is 73.7 Å². The predicted molar refractivity (Wildman–Crippen MR) is 164 cm³/mol. The number of nitrogens with zero attached hydrogens (tertiary/aromatic N) is 1. The second kappa shape index (κ2) is 12.6. The van der Waals surface area contributed by atoms with E-state index in [1.54, 1.807) is 12.1 Å². The quantitative estimate of drug-likeness (QED) is 0.217. The molecule has 0 aliphatic carbocycles. The van der Waals surface area contributed by atoms with Crippen molar-refractivity contribution in [1.29, 1.82) is 0 Å². The molecule has 42 heavy (non-hydrogen) atoms. The molecule has 1 aromatic heterocycles. The van der Waals surface area contributed by atoms with Crippen molar-refractivity contribution in [2.75, 3.05) is 11.9 Å². The monoisotopic (exact) mass is 570 g/mol. The molecule has 6 nitrogen and oxygen atoms in total. The van der Waals surface area contributed by atoms with E-state index >= 15 is 0 Å². The number of anilines is 1. The van der Waals surface area contributed by atoms with E-state index in [4.69, 9.17) is 9.47 Å². The number of nitrogens with one attached hydrogen (secondary N) is 1. The fourth-order valence-electron chi connectivity index (χ4n) is 6.02. The summed E-state index contributed by atoms with van der Waals surface area (Å²) in [4.78, 5) is 14.3. The molecule has 2 atom stereocenters. The Hall–Kier alpha value is -3.78. The number of carbonyl (C=O) groups is 1. The third-order valence-corrected chi connectivity index (χ3v) is 7.55. The first-order valence-electron chi connectivity index (χ1n) is 14.6. The number of benzene rings is 3. The Morgan fingerprint density at radius 1 is 0.952 bits per heavy atom. The number of aromatic nitrogens is 1. The summed E-state index contributed by atoms with van der Waals surface area (Å²) in [5, 5.41) is 12.8. The summed E-state index contributed by atoms with van der Waals surface area (Å²) in [6.07, 6.45) is 0.694. The number of hydrogen-bond donors (Lipinski definition) is 2.